The summed E-state index contributed by atoms with van der Waals surface area (Å²) in [5.74, 6) is 0. The number of benzene rings is 9. The monoisotopic (exact) mass is 879 g/mol. The van der Waals surface area contributed by atoms with Crippen LogP contribution < -0.4 is 21.3 Å². The van der Waals surface area contributed by atoms with Gasteiger partial charge in [-0.3, -0.25) is 0 Å². The molecule has 0 aliphatic carbocycles. The first-order chi connectivity index (χ1) is 33.5. The lowest BCUT2D eigenvalue weighted by Gasteiger charge is -2.14. The van der Waals surface area contributed by atoms with Gasteiger partial charge < -0.3 is 21.3 Å². The molecule has 330 valence electrons. The molecule has 0 atom stereocenters. The van der Waals surface area contributed by atoms with Crippen molar-refractivity contribution in [3.8, 4) is 100 Å². The zero-order valence-corrected chi connectivity index (χ0v) is 38.8. The molecule has 0 amide bonds. The number of hydrogen-bond acceptors (Lipinski definition) is 5. The molecular formula is C63H53N5. The van der Waals surface area contributed by atoms with Gasteiger partial charge in [-0.2, -0.15) is 0 Å². The number of pyridine rings is 1. The highest BCUT2D eigenvalue weighted by Crippen LogP contribution is 2.38. The number of nitrogens with zero attached hydrogens (tertiary/aromatic N) is 1. The minimum atomic E-state index is 0.921. The van der Waals surface area contributed by atoms with E-state index < -0.39 is 0 Å². The minimum Gasteiger partial charge on any atom is -0.388 e. The Hall–Kier alpha value is -8.67. The lowest BCUT2D eigenvalue weighted by Crippen LogP contribution is -1.95. The SMILES string of the molecule is CNc1ccc(NC)c(-c2cccc(-c3cccc(-c4cccc(-c5cc(-c6ccccc6)cc(-c6cccc(-c7cccc(-c8cccc(-c9cc(NC)ccc9NC)c8)c7)c6)n5)c4)c3)c2)c1. The molecule has 5 heteroatoms. The summed E-state index contributed by atoms with van der Waals surface area (Å²) in [4.78, 5) is 5.41. The summed E-state index contributed by atoms with van der Waals surface area (Å²) in [6.07, 6.45) is 0. The lowest BCUT2D eigenvalue weighted by molar-refractivity contribution is 1.32. The summed E-state index contributed by atoms with van der Waals surface area (Å²) in [6.45, 7) is 0. The summed E-state index contributed by atoms with van der Waals surface area (Å²) in [7, 11) is 7.85. The summed E-state index contributed by atoms with van der Waals surface area (Å²) in [6, 6.07) is 80.7. The van der Waals surface area contributed by atoms with Gasteiger partial charge in [-0.15, -0.1) is 0 Å². The van der Waals surface area contributed by atoms with Crippen LogP contribution >= 0.6 is 0 Å². The predicted octanol–water partition coefficient (Wildman–Crippen LogP) is 16.3. The highest BCUT2D eigenvalue weighted by Gasteiger charge is 2.14. The van der Waals surface area contributed by atoms with Gasteiger partial charge in [0, 0.05) is 73.2 Å². The highest BCUT2D eigenvalue weighted by molar-refractivity contribution is 5.87. The molecule has 68 heavy (non-hydrogen) atoms. The first kappa shape index (κ1) is 43.2. The van der Waals surface area contributed by atoms with Crippen LogP contribution in [0.15, 0.2) is 224 Å². The number of anilines is 4. The molecule has 5 nitrogen and oxygen atoms in total. The Balaban J connectivity index is 0.983. The summed E-state index contributed by atoms with van der Waals surface area (Å²) in [5, 5.41) is 13.3. The summed E-state index contributed by atoms with van der Waals surface area (Å²) in [5.41, 5.74) is 24.4. The maximum Gasteiger partial charge on any atom is 0.0715 e. The van der Waals surface area contributed by atoms with E-state index in [9.17, 15) is 0 Å². The smallest absolute Gasteiger partial charge is 0.0715 e. The van der Waals surface area contributed by atoms with Gasteiger partial charge >= 0.3 is 0 Å². The third kappa shape index (κ3) is 9.11. The largest absolute Gasteiger partial charge is 0.388 e. The third-order valence-corrected chi connectivity index (χ3v) is 12.8. The average Bonchev–Trinajstić information content (AvgIpc) is 3.43. The number of rotatable bonds is 13. The van der Waals surface area contributed by atoms with Crippen LogP contribution in [0.2, 0.25) is 0 Å². The summed E-state index contributed by atoms with van der Waals surface area (Å²) >= 11 is 0. The predicted molar refractivity (Wildman–Crippen MR) is 291 cm³/mol. The Morgan fingerprint density at radius 3 is 0.897 bits per heavy atom. The molecule has 0 unspecified atom stereocenters. The van der Waals surface area contributed by atoms with Crippen molar-refractivity contribution in [1.29, 1.82) is 0 Å². The van der Waals surface area contributed by atoms with Gasteiger partial charge in [0.1, 0.15) is 0 Å². The van der Waals surface area contributed by atoms with E-state index in [0.29, 0.717) is 0 Å². The number of aromatic nitrogens is 1. The zero-order chi connectivity index (χ0) is 46.4. The molecule has 0 fully saturated rings. The first-order valence-electron chi connectivity index (χ1n) is 23.2. The quantitative estimate of drug-likeness (QED) is 0.0929. The lowest BCUT2D eigenvalue weighted by atomic mass is 9.94. The topological polar surface area (TPSA) is 61.0 Å². The molecule has 10 aromatic rings. The molecule has 0 bridgehead atoms. The third-order valence-electron chi connectivity index (χ3n) is 12.8. The number of nitrogens with one attached hydrogen (secondary N) is 4. The van der Waals surface area contributed by atoms with Crippen LogP contribution in [0.1, 0.15) is 0 Å². The van der Waals surface area contributed by atoms with E-state index in [-0.39, 0.29) is 0 Å². The van der Waals surface area contributed by atoms with Crippen LogP contribution in [0.4, 0.5) is 22.7 Å². The van der Waals surface area contributed by atoms with E-state index in [2.05, 4.69) is 246 Å². The zero-order valence-electron chi connectivity index (χ0n) is 38.8. The van der Waals surface area contributed by atoms with Crippen LogP contribution in [0.5, 0.6) is 0 Å². The molecule has 1 heterocycles. The minimum absolute atomic E-state index is 0.921. The van der Waals surface area contributed by atoms with Crippen LogP contribution in [-0.4, -0.2) is 33.2 Å². The maximum absolute atomic E-state index is 5.41. The van der Waals surface area contributed by atoms with E-state index in [1.807, 2.05) is 28.2 Å². The Kier molecular flexibility index (Phi) is 12.4. The van der Waals surface area contributed by atoms with Crippen molar-refractivity contribution in [3.63, 3.8) is 0 Å². The van der Waals surface area contributed by atoms with Gasteiger partial charge in [0.15, 0.2) is 0 Å². The Bertz CT molecular complexity index is 3210. The van der Waals surface area contributed by atoms with Crippen LogP contribution in [0, 0.1) is 0 Å². The molecule has 4 N–H and O–H groups in total. The van der Waals surface area contributed by atoms with Crippen molar-refractivity contribution in [2.24, 2.45) is 0 Å². The average molecular weight is 880 g/mol. The second-order valence-electron chi connectivity index (χ2n) is 17.0. The van der Waals surface area contributed by atoms with Gasteiger partial charge in [-0.05, 0) is 152 Å². The van der Waals surface area contributed by atoms with E-state index in [0.717, 1.165) is 123 Å². The second kappa shape index (κ2) is 19.4. The molecule has 0 saturated carbocycles. The fourth-order valence-electron chi connectivity index (χ4n) is 9.14. The maximum atomic E-state index is 5.41. The van der Waals surface area contributed by atoms with Crippen molar-refractivity contribution in [3.05, 3.63) is 224 Å². The Morgan fingerprint density at radius 1 is 0.235 bits per heavy atom. The van der Waals surface area contributed by atoms with Crippen LogP contribution in [0.25, 0.3) is 100 Å². The van der Waals surface area contributed by atoms with Crippen molar-refractivity contribution < 1.29 is 0 Å². The van der Waals surface area contributed by atoms with Gasteiger partial charge in [-0.1, -0.05) is 140 Å². The molecule has 0 spiro atoms. The molecule has 0 saturated heterocycles. The molecule has 1 aromatic heterocycles. The molecule has 10 rings (SSSR count). The normalized spacial score (nSPS) is 10.9. The van der Waals surface area contributed by atoms with Crippen molar-refractivity contribution in [1.82, 2.24) is 4.98 Å². The standard InChI is InChI=1S/C63H53N5/c1-64-56-28-30-60(66-3)58(40-56)51-24-10-20-47(34-51)43-16-8-18-45(32-43)49-22-12-26-53(36-49)62-38-55(42-14-6-5-7-15-42)39-63(68-62)54-27-13-23-50(37-54)46-19-9-17-44(33-46)48-21-11-25-52(35-48)59-41-57(65-2)29-31-61(59)67-4/h5-41,64-67H,1-4H3. The molecule has 9 aromatic carbocycles. The Labute approximate surface area is 400 Å². The number of hydrogen-bond donors (Lipinski definition) is 4. The highest BCUT2D eigenvalue weighted by atomic mass is 14.8. The van der Waals surface area contributed by atoms with Crippen LogP contribution in [-0.2, 0) is 0 Å². The first-order valence-corrected chi connectivity index (χ1v) is 23.2. The van der Waals surface area contributed by atoms with E-state index in [1.54, 1.807) is 0 Å². The van der Waals surface area contributed by atoms with Gasteiger partial charge in [0.05, 0.1) is 11.4 Å². The second-order valence-corrected chi connectivity index (χ2v) is 17.0. The van der Waals surface area contributed by atoms with Crippen molar-refractivity contribution in [2.75, 3.05) is 49.5 Å². The van der Waals surface area contributed by atoms with Crippen molar-refractivity contribution in [2.45, 2.75) is 0 Å². The van der Waals surface area contributed by atoms with Gasteiger partial charge in [0.2, 0.25) is 0 Å². The molecule has 0 aliphatic rings. The van der Waals surface area contributed by atoms with E-state index in [1.165, 1.54) is 0 Å². The fourth-order valence-corrected chi connectivity index (χ4v) is 9.14. The van der Waals surface area contributed by atoms with Gasteiger partial charge in [0.25, 0.3) is 0 Å². The molecule has 0 aliphatic heterocycles. The van der Waals surface area contributed by atoms with Gasteiger partial charge in [-0.25, -0.2) is 4.98 Å². The molecule has 0 radical (unpaired) electrons. The van der Waals surface area contributed by atoms with E-state index >= 15 is 0 Å². The molecular weight excluding hydrogens is 827 g/mol. The Morgan fingerprint density at radius 2 is 0.544 bits per heavy atom. The van der Waals surface area contributed by atoms with Crippen molar-refractivity contribution >= 4 is 22.7 Å². The van der Waals surface area contributed by atoms with Crippen LogP contribution in [0.3, 0.4) is 0 Å². The fraction of sp³-hybridized carbons (Fsp3) is 0.0635. The van der Waals surface area contributed by atoms with E-state index in [4.69, 9.17) is 4.98 Å². The summed E-state index contributed by atoms with van der Waals surface area (Å²) < 4.78 is 0.